The summed E-state index contributed by atoms with van der Waals surface area (Å²) < 4.78 is 5.85. The summed E-state index contributed by atoms with van der Waals surface area (Å²) in [5.41, 5.74) is 0.864. The monoisotopic (exact) mass is 470 g/mol. The van der Waals surface area contributed by atoms with Crippen LogP contribution in [0, 0.1) is 10.1 Å². The van der Waals surface area contributed by atoms with Crippen molar-refractivity contribution in [1.82, 2.24) is 15.1 Å². The van der Waals surface area contributed by atoms with Crippen LogP contribution in [-0.4, -0.2) is 27.2 Å². The first-order chi connectivity index (χ1) is 14.2. The van der Waals surface area contributed by atoms with Crippen LogP contribution in [0.4, 0.5) is 5.69 Å². The van der Waals surface area contributed by atoms with E-state index in [-0.39, 0.29) is 28.7 Å². The molecule has 30 heavy (non-hydrogen) atoms. The van der Waals surface area contributed by atoms with Crippen LogP contribution < -0.4 is 11.1 Å². The molecule has 0 saturated heterocycles. The summed E-state index contributed by atoms with van der Waals surface area (Å²) in [5.74, 6) is -1.46. The van der Waals surface area contributed by atoms with Gasteiger partial charge in [0, 0.05) is 18.7 Å². The SMILES string of the molecule is O=C(Cn1nc(-c2ccc([N+](=O)[O-])cc2Cl)oc1=O)NCCc1ccc(Cl)c(Cl)c1. The van der Waals surface area contributed by atoms with Crippen molar-refractivity contribution >= 4 is 46.4 Å². The third-order valence-electron chi connectivity index (χ3n) is 4.01. The number of carbonyl (C=O) groups is 1. The van der Waals surface area contributed by atoms with E-state index in [0.717, 1.165) is 16.3 Å². The Morgan fingerprint density at radius 3 is 2.57 bits per heavy atom. The number of carbonyl (C=O) groups excluding carboxylic acids is 1. The van der Waals surface area contributed by atoms with Gasteiger partial charge in [0.1, 0.15) is 6.54 Å². The predicted octanol–water partition coefficient (Wildman–Crippen LogP) is 3.73. The summed E-state index contributed by atoms with van der Waals surface area (Å²) in [4.78, 5) is 34.3. The molecule has 3 aromatic rings. The van der Waals surface area contributed by atoms with Gasteiger partial charge in [-0.3, -0.25) is 14.9 Å². The second-order valence-corrected chi connectivity index (χ2v) is 7.32. The third kappa shape index (κ3) is 5.18. The fourth-order valence-electron chi connectivity index (χ4n) is 2.54. The van der Waals surface area contributed by atoms with Crippen molar-refractivity contribution in [2.75, 3.05) is 6.54 Å². The molecule has 0 saturated carbocycles. The molecule has 0 fully saturated rings. The number of nitrogens with one attached hydrogen (secondary N) is 1. The molecule has 9 nitrogen and oxygen atoms in total. The Hall–Kier alpha value is -2.88. The minimum Gasteiger partial charge on any atom is -0.388 e. The second kappa shape index (κ2) is 9.29. The van der Waals surface area contributed by atoms with Crippen molar-refractivity contribution in [3.05, 3.63) is 77.7 Å². The van der Waals surface area contributed by atoms with Crippen molar-refractivity contribution < 1.29 is 14.1 Å². The quantitative estimate of drug-likeness (QED) is 0.414. The van der Waals surface area contributed by atoms with Gasteiger partial charge in [0.2, 0.25) is 5.91 Å². The first kappa shape index (κ1) is 21.8. The lowest BCUT2D eigenvalue weighted by Crippen LogP contribution is -2.32. The van der Waals surface area contributed by atoms with Crippen molar-refractivity contribution in [1.29, 1.82) is 0 Å². The zero-order chi connectivity index (χ0) is 21.8. The highest BCUT2D eigenvalue weighted by atomic mass is 35.5. The van der Waals surface area contributed by atoms with Crippen molar-refractivity contribution in [2.24, 2.45) is 0 Å². The molecule has 0 aliphatic rings. The van der Waals surface area contributed by atoms with E-state index < -0.39 is 16.6 Å². The van der Waals surface area contributed by atoms with E-state index in [1.54, 1.807) is 18.2 Å². The van der Waals surface area contributed by atoms with Gasteiger partial charge in [-0.2, -0.15) is 4.68 Å². The summed E-state index contributed by atoms with van der Waals surface area (Å²) in [7, 11) is 0. The van der Waals surface area contributed by atoms with Gasteiger partial charge < -0.3 is 9.73 Å². The maximum absolute atomic E-state index is 12.1. The standard InChI is InChI=1S/C18H13Cl3N4O5/c19-13-4-1-10(7-15(13)21)5-6-22-16(26)9-24-18(27)30-17(23-24)12-3-2-11(25(28)29)8-14(12)20/h1-4,7-8H,5-6,9H2,(H,22,26). The first-order valence-corrected chi connectivity index (χ1v) is 9.61. The maximum Gasteiger partial charge on any atom is 0.437 e. The normalized spacial score (nSPS) is 10.8. The van der Waals surface area contributed by atoms with E-state index in [0.29, 0.717) is 23.0 Å². The summed E-state index contributed by atoms with van der Waals surface area (Å²) >= 11 is 17.8. The van der Waals surface area contributed by atoms with Crippen LogP contribution in [0.15, 0.2) is 45.6 Å². The van der Waals surface area contributed by atoms with E-state index in [1.165, 1.54) is 12.1 Å². The average Bonchev–Trinajstić information content (AvgIpc) is 3.04. The molecule has 2 aromatic carbocycles. The van der Waals surface area contributed by atoms with Crippen molar-refractivity contribution in [3.63, 3.8) is 0 Å². The molecule has 1 N–H and O–H groups in total. The average molecular weight is 472 g/mol. The minimum absolute atomic E-state index is 0.0105. The van der Waals surface area contributed by atoms with Crippen LogP contribution in [0.1, 0.15) is 5.56 Å². The molecular formula is C18H13Cl3N4O5. The fraction of sp³-hybridized carbons (Fsp3) is 0.167. The molecule has 1 aromatic heterocycles. The molecule has 0 unspecified atom stereocenters. The molecule has 1 heterocycles. The lowest BCUT2D eigenvalue weighted by Gasteiger charge is -2.06. The van der Waals surface area contributed by atoms with Gasteiger partial charge in [-0.15, -0.1) is 5.10 Å². The van der Waals surface area contributed by atoms with Gasteiger partial charge >= 0.3 is 5.76 Å². The number of non-ortho nitro benzene ring substituents is 1. The van der Waals surface area contributed by atoms with Gasteiger partial charge in [0.25, 0.3) is 11.6 Å². The smallest absolute Gasteiger partial charge is 0.388 e. The van der Waals surface area contributed by atoms with E-state index in [4.69, 9.17) is 39.2 Å². The van der Waals surface area contributed by atoms with Crippen LogP contribution in [0.5, 0.6) is 0 Å². The Morgan fingerprint density at radius 1 is 1.13 bits per heavy atom. The number of hydrogen-bond donors (Lipinski definition) is 1. The Kier molecular flexibility index (Phi) is 6.76. The van der Waals surface area contributed by atoms with Crippen LogP contribution in [0.3, 0.4) is 0 Å². The molecule has 0 atom stereocenters. The Bertz CT molecular complexity index is 1170. The highest BCUT2D eigenvalue weighted by Gasteiger charge is 2.18. The predicted molar refractivity (Wildman–Crippen MR) is 111 cm³/mol. The number of amides is 1. The van der Waals surface area contributed by atoms with Gasteiger partial charge in [-0.1, -0.05) is 40.9 Å². The highest BCUT2D eigenvalue weighted by molar-refractivity contribution is 6.42. The first-order valence-electron chi connectivity index (χ1n) is 8.47. The number of benzene rings is 2. The van der Waals surface area contributed by atoms with Gasteiger partial charge in [-0.25, -0.2) is 4.79 Å². The molecule has 0 aliphatic heterocycles. The molecule has 12 heteroatoms. The lowest BCUT2D eigenvalue weighted by atomic mass is 10.1. The number of hydrogen-bond acceptors (Lipinski definition) is 6. The Morgan fingerprint density at radius 2 is 1.90 bits per heavy atom. The summed E-state index contributed by atoms with van der Waals surface area (Å²) in [6.07, 6.45) is 0.514. The lowest BCUT2D eigenvalue weighted by molar-refractivity contribution is -0.384. The molecule has 1 amide bonds. The van der Waals surface area contributed by atoms with Gasteiger partial charge in [0.15, 0.2) is 0 Å². The summed E-state index contributed by atoms with van der Waals surface area (Å²) in [6.45, 7) is -0.0568. The van der Waals surface area contributed by atoms with Gasteiger partial charge in [-0.05, 0) is 30.2 Å². The number of aromatic nitrogens is 2. The van der Waals surface area contributed by atoms with Crippen LogP contribution in [0.2, 0.25) is 15.1 Å². The number of rotatable bonds is 7. The summed E-state index contributed by atoms with van der Waals surface area (Å²) in [5, 5.41) is 18.2. The fourth-order valence-corrected chi connectivity index (χ4v) is 3.12. The molecule has 3 rings (SSSR count). The van der Waals surface area contributed by atoms with E-state index in [2.05, 4.69) is 10.4 Å². The maximum atomic E-state index is 12.1. The number of nitrogens with zero attached hydrogens (tertiary/aromatic N) is 3. The highest BCUT2D eigenvalue weighted by Crippen LogP contribution is 2.29. The van der Waals surface area contributed by atoms with Crippen LogP contribution in [0.25, 0.3) is 11.5 Å². The Labute approximate surface area is 184 Å². The Balaban J connectivity index is 1.63. The summed E-state index contributed by atoms with van der Waals surface area (Å²) in [6, 6.07) is 8.80. The zero-order valence-electron chi connectivity index (χ0n) is 15.1. The molecule has 0 bridgehead atoms. The van der Waals surface area contributed by atoms with Crippen LogP contribution in [-0.2, 0) is 17.8 Å². The zero-order valence-corrected chi connectivity index (χ0v) is 17.4. The molecule has 0 radical (unpaired) electrons. The minimum atomic E-state index is -0.862. The number of halogens is 3. The van der Waals surface area contributed by atoms with Crippen molar-refractivity contribution in [2.45, 2.75) is 13.0 Å². The van der Waals surface area contributed by atoms with E-state index in [9.17, 15) is 19.7 Å². The number of nitro groups is 1. The van der Waals surface area contributed by atoms with E-state index >= 15 is 0 Å². The molecular weight excluding hydrogens is 459 g/mol. The van der Waals surface area contributed by atoms with E-state index in [1.807, 2.05) is 0 Å². The largest absolute Gasteiger partial charge is 0.437 e. The second-order valence-electron chi connectivity index (χ2n) is 6.10. The molecule has 0 spiro atoms. The topological polar surface area (TPSA) is 120 Å². The molecule has 156 valence electrons. The number of nitro benzene ring substituents is 1. The molecule has 0 aliphatic carbocycles. The van der Waals surface area contributed by atoms with Crippen LogP contribution >= 0.6 is 34.8 Å². The van der Waals surface area contributed by atoms with Crippen molar-refractivity contribution in [3.8, 4) is 11.5 Å². The van der Waals surface area contributed by atoms with Gasteiger partial charge in [0.05, 0.1) is 25.6 Å². The third-order valence-corrected chi connectivity index (χ3v) is 5.07.